The van der Waals surface area contributed by atoms with E-state index in [2.05, 4.69) is 21.4 Å². The van der Waals surface area contributed by atoms with Gasteiger partial charge in [0, 0.05) is 12.1 Å². The first-order valence-corrected chi connectivity index (χ1v) is 7.77. The van der Waals surface area contributed by atoms with E-state index in [4.69, 9.17) is 9.26 Å². The van der Waals surface area contributed by atoms with Gasteiger partial charge in [-0.1, -0.05) is 17.3 Å². The molecule has 2 aromatic rings. The summed E-state index contributed by atoms with van der Waals surface area (Å²) in [6.45, 7) is 3.04. The topological polar surface area (TPSA) is 67.6 Å². The molecule has 0 saturated carbocycles. The fraction of sp³-hybridized carbons (Fsp3) is 0.412. The molecule has 2 heterocycles. The van der Waals surface area contributed by atoms with Crippen LogP contribution in [0.4, 0.5) is 5.82 Å². The number of anilines is 1. The Kier molecular flexibility index (Phi) is 4.62. The zero-order valence-corrected chi connectivity index (χ0v) is 13.4. The van der Waals surface area contributed by atoms with Crippen LogP contribution in [0.1, 0.15) is 30.2 Å². The molecular weight excluding hydrogens is 294 g/mol. The first kappa shape index (κ1) is 15.6. The molecule has 0 bridgehead atoms. The molecule has 0 aliphatic carbocycles. The Morgan fingerprint density at radius 1 is 1.48 bits per heavy atom. The lowest BCUT2D eigenvalue weighted by atomic mass is 10.0. The van der Waals surface area contributed by atoms with Crippen LogP contribution in [-0.4, -0.2) is 36.2 Å². The summed E-state index contributed by atoms with van der Waals surface area (Å²) in [5, 5.41) is 6.56. The normalized spacial score (nSPS) is 18.1. The maximum Gasteiger partial charge on any atom is 0.239 e. The van der Waals surface area contributed by atoms with Crippen molar-refractivity contribution in [1.29, 1.82) is 0 Å². The number of ether oxygens (including phenoxy) is 1. The van der Waals surface area contributed by atoms with Crippen LogP contribution in [0.2, 0.25) is 0 Å². The smallest absolute Gasteiger partial charge is 0.239 e. The summed E-state index contributed by atoms with van der Waals surface area (Å²) in [7, 11) is 1.67. The Balaban J connectivity index is 1.65. The molecule has 1 aliphatic rings. The number of hydrogen-bond donors (Lipinski definition) is 1. The Morgan fingerprint density at radius 2 is 2.35 bits per heavy atom. The van der Waals surface area contributed by atoms with Gasteiger partial charge in [-0.05, 0) is 44.0 Å². The highest BCUT2D eigenvalue weighted by atomic mass is 16.5. The van der Waals surface area contributed by atoms with E-state index in [9.17, 15) is 4.79 Å². The fourth-order valence-electron chi connectivity index (χ4n) is 3.03. The van der Waals surface area contributed by atoms with Crippen LogP contribution in [0, 0.1) is 6.92 Å². The minimum absolute atomic E-state index is 0.0758. The second-order valence-electron chi connectivity index (χ2n) is 5.78. The summed E-state index contributed by atoms with van der Waals surface area (Å²) in [6, 6.07) is 10.0. The van der Waals surface area contributed by atoms with Crippen molar-refractivity contribution in [3.05, 3.63) is 41.7 Å². The van der Waals surface area contributed by atoms with E-state index in [-0.39, 0.29) is 11.9 Å². The number of hydrogen-bond acceptors (Lipinski definition) is 5. The third-order valence-corrected chi connectivity index (χ3v) is 4.08. The highest BCUT2D eigenvalue weighted by Gasteiger charge is 2.28. The lowest BCUT2D eigenvalue weighted by Gasteiger charge is -2.24. The summed E-state index contributed by atoms with van der Waals surface area (Å²) < 4.78 is 10.3. The van der Waals surface area contributed by atoms with Crippen LogP contribution < -0.4 is 10.1 Å². The van der Waals surface area contributed by atoms with Crippen molar-refractivity contribution in [3.63, 3.8) is 0 Å². The summed E-state index contributed by atoms with van der Waals surface area (Å²) >= 11 is 0. The van der Waals surface area contributed by atoms with Gasteiger partial charge in [-0.25, -0.2) is 0 Å². The lowest BCUT2D eigenvalue weighted by Crippen LogP contribution is -2.33. The van der Waals surface area contributed by atoms with Crippen molar-refractivity contribution < 1.29 is 14.1 Å². The largest absolute Gasteiger partial charge is 0.497 e. The van der Waals surface area contributed by atoms with Crippen molar-refractivity contribution in [2.45, 2.75) is 25.8 Å². The molecule has 6 heteroatoms. The van der Waals surface area contributed by atoms with E-state index in [0.29, 0.717) is 18.1 Å². The van der Waals surface area contributed by atoms with Crippen molar-refractivity contribution in [1.82, 2.24) is 10.1 Å². The van der Waals surface area contributed by atoms with Gasteiger partial charge in [0.1, 0.15) is 11.5 Å². The number of amides is 1. The van der Waals surface area contributed by atoms with Gasteiger partial charge >= 0.3 is 0 Å². The molecule has 0 unspecified atom stereocenters. The molecule has 0 spiro atoms. The van der Waals surface area contributed by atoms with Crippen molar-refractivity contribution in [2.24, 2.45) is 0 Å². The highest BCUT2D eigenvalue weighted by Crippen LogP contribution is 2.33. The Bertz CT molecular complexity index is 683. The Hall–Kier alpha value is -2.34. The monoisotopic (exact) mass is 315 g/mol. The maximum atomic E-state index is 12.2. The van der Waals surface area contributed by atoms with Gasteiger partial charge in [0.25, 0.3) is 0 Å². The molecule has 1 aromatic heterocycles. The molecule has 1 aromatic carbocycles. The quantitative estimate of drug-likeness (QED) is 0.919. The summed E-state index contributed by atoms with van der Waals surface area (Å²) in [4.78, 5) is 14.4. The predicted octanol–water partition coefficient (Wildman–Crippen LogP) is 2.77. The van der Waals surface area contributed by atoms with Crippen LogP contribution in [0.25, 0.3) is 0 Å². The van der Waals surface area contributed by atoms with Crippen LogP contribution >= 0.6 is 0 Å². The molecule has 1 N–H and O–H groups in total. The van der Waals surface area contributed by atoms with Crippen LogP contribution in [0.15, 0.2) is 34.9 Å². The summed E-state index contributed by atoms with van der Waals surface area (Å²) in [5.41, 5.74) is 1.19. The van der Waals surface area contributed by atoms with Gasteiger partial charge in [-0.2, -0.15) is 0 Å². The Labute approximate surface area is 135 Å². The van der Waals surface area contributed by atoms with E-state index in [1.54, 1.807) is 20.1 Å². The van der Waals surface area contributed by atoms with E-state index in [0.717, 1.165) is 25.1 Å². The summed E-state index contributed by atoms with van der Waals surface area (Å²) in [6.07, 6.45) is 2.13. The minimum Gasteiger partial charge on any atom is -0.497 e. The van der Waals surface area contributed by atoms with E-state index in [1.807, 2.05) is 18.2 Å². The zero-order chi connectivity index (χ0) is 16.2. The molecule has 23 heavy (non-hydrogen) atoms. The number of benzene rings is 1. The third kappa shape index (κ3) is 3.71. The van der Waals surface area contributed by atoms with Gasteiger partial charge in [0.05, 0.1) is 13.7 Å². The first-order valence-electron chi connectivity index (χ1n) is 7.77. The van der Waals surface area contributed by atoms with Crippen LogP contribution in [0.5, 0.6) is 5.75 Å². The molecule has 3 rings (SSSR count). The zero-order valence-electron chi connectivity index (χ0n) is 13.4. The molecule has 1 saturated heterocycles. The molecular formula is C17H21N3O3. The number of aryl methyl sites for hydroxylation is 1. The first-order chi connectivity index (χ1) is 11.2. The molecule has 0 radical (unpaired) electrons. The SMILES string of the molecule is COc1cccc([C@@H]2CCCN2CC(=O)Nc2cc(C)on2)c1. The fourth-order valence-corrected chi connectivity index (χ4v) is 3.03. The lowest BCUT2D eigenvalue weighted by molar-refractivity contribution is -0.117. The van der Waals surface area contributed by atoms with Crippen LogP contribution in [-0.2, 0) is 4.79 Å². The highest BCUT2D eigenvalue weighted by molar-refractivity contribution is 5.91. The Morgan fingerprint density at radius 3 is 3.09 bits per heavy atom. The second kappa shape index (κ2) is 6.83. The minimum atomic E-state index is -0.0758. The third-order valence-electron chi connectivity index (χ3n) is 4.08. The van der Waals surface area contributed by atoms with E-state index in [1.165, 1.54) is 5.56 Å². The number of methoxy groups -OCH3 is 1. The van der Waals surface area contributed by atoms with E-state index >= 15 is 0 Å². The van der Waals surface area contributed by atoms with Crippen molar-refractivity contribution in [2.75, 3.05) is 25.5 Å². The van der Waals surface area contributed by atoms with E-state index < -0.39 is 0 Å². The van der Waals surface area contributed by atoms with Crippen LogP contribution in [0.3, 0.4) is 0 Å². The van der Waals surface area contributed by atoms with Gasteiger partial charge in [-0.3, -0.25) is 9.69 Å². The number of likely N-dealkylation sites (tertiary alicyclic amines) is 1. The molecule has 1 aliphatic heterocycles. The van der Waals surface area contributed by atoms with Crippen molar-refractivity contribution in [3.8, 4) is 5.75 Å². The predicted molar refractivity (Wildman–Crippen MR) is 86.4 cm³/mol. The number of nitrogens with zero attached hydrogens (tertiary/aromatic N) is 2. The van der Waals surface area contributed by atoms with Gasteiger partial charge in [0.2, 0.25) is 5.91 Å². The summed E-state index contributed by atoms with van der Waals surface area (Å²) in [5.74, 6) is 1.91. The maximum absolute atomic E-state index is 12.2. The average molecular weight is 315 g/mol. The molecule has 1 fully saturated rings. The molecule has 122 valence electrons. The average Bonchev–Trinajstić information content (AvgIpc) is 3.16. The number of aromatic nitrogens is 1. The molecule has 6 nitrogen and oxygen atoms in total. The molecule has 1 amide bonds. The van der Waals surface area contributed by atoms with Gasteiger partial charge in [0.15, 0.2) is 5.82 Å². The standard InChI is InChI=1S/C17H21N3O3/c1-12-9-16(19-23-12)18-17(21)11-20-8-4-7-15(20)13-5-3-6-14(10-13)22-2/h3,5-6,9-10,15H,4,7-8,11H2,1-2H3,(H,18,19,21)/t15-/m0/s1. The number of nitrogens with one attached hydrogen (secondary N) is 1. The van der Waals surface area contributed by atoms with Crippen molar-refractivity contribution >= 4 is 11.7 Å². The number of rotatable bonds is 5. The molecule has 1 atom stereocenters. The number of carbonyl (C=O) groups is 1. The second-order valence-corrected chi connectivity index (χ2v) is 5.78. The number of carbonyl (C=O) groups excluding carboxylic acids is 1. The van der Waals surface area contributed by atoms with Gasteiger partial charge in [-0.15, -0.1) is 0 Å². The van der Waals surface area contributed by atoms with Gasteiger partial charge < -0.3 is 14.6 Å².